The van der Waals surface area contributed by atoms with E-state index in [9.17, 15) is 9.90 Å². The first-order chi connectivity index (χ1) is 9.50. The van der Waals surface area contributed by atoms with Crippen LogP contribution in [0.1, 0.15) is 42.4 Å². The van der Waals surface area contributed by atoms with E-state index in [2.05, 4.69) is 15.3 Å². The molecule has 6 nitrogen and oxygen atoms in total. The molecule has 2 rings (SSSR count). The Labute approximate surface area is 119 Å². The van der Waals surface area contributed by atoms with Crippen molar-refractivity contribution in [2.75, 3.05) is 13.1 Å². The topological polar surface area (TPSA) is 91.5 Å². The number of hydrazine groups is 1. The number of carbonyl (C=O) groups is 1. The molecular weight excluding hydrogens is 256 g/mol. The fraction of sp³-hybridized carbons (Fsp3) is 0.571. The Morgan fingerprint density at radius 3 is 3.05 bits per heavy atom. The third kappa shape index (κ3) is 4.00. The van der Waals surface area contributed by atoms with Crippen molar-refractivity contribution < 1.29 is 9.90 Å². The monoisotopic (exact) mass is 278 g/mol. The van der Waals surface area contributed by atoms with Gasteiger partial charge in [0.05, 0.1) is 11.3 Å². The molecule has 20 heavy (non-hydrogen) atoms. The van der Waals surface area contributed by atoms with Crippen molar-refractivity contribution >= 4 is 5.91 Å². The Morgan fingerprint density at radius 1 is 1.50 bits per heavy atom. The molecule has 1 aliphatic rings. The van der Waals surface area contributed by atoms with Gasteiger partial charge in [-0.3, -0.25) is 15.1 Å². The molecule has 110 valence electrons. The molecule has 0 aromatic carbocycles. The Kier molecular flexibility index (Phi) is 4.69. The van der Waals surface area contributed by atoms with Crippen LogP contribution in [-0.4, -0.2) is 39.6 Å². The number of hydrogen-bond donors (Lipinski definition) is 3. The summed E-state index contributed by atoms with van der Waals surface area (Å²) in [6, 6.07) is 5.34. The highest BCUT2D eigenvalue weighted by atomic mass is 16.3. The fourth-order valence-electron chi connectivity index (χ4n) is 2.47. The van der Waals surface area contributed by atoms with E-state index in [0.29, 0.717) is 12.2 Å². The highest BCUT2D eigenvalue weighted by Gasteiger charge is 2.25. The molecule has 6 heteroatoms. The number of nitrogens with one attached hydrogen (secondary N) is 1. The Balaban J connectivity index is 2.01. The molecule has 1 aliphatic heterocycles. The molecule has 1 atom stereocenters. The number of nitrogens with two attached hydrogens (primary N) is 1. The summed E-state index contributed by atoms with van der Waals surface area (Å²) in [5, 5.41) is 10.1. The molecule has 0 saturated carbocycles. The van der Waals surface area contributed by atoms with Crippen LogP contribution in [0.15, 0.2) is 18.2 Å². The number of rotatable bonds is 3. The number of aromatic nitrogens is 1. The molecule has 1 fully saturated rings. The highest BCUT2D eigenvalue weighted by molar-refractivity contribution is 5.91. The summed E-state index contributed by atoms with van der Waals surface area (Å²) in [6.07, 6.45) is 2.55. The van der Waals surface area contributed by atoms with Gasteiger partial charge in [-0.15, -0.1) is 0 Å². The summed E-state index contributed by atoms with van der Waals surface area (Å²) >= 11 is 0. The molecule has 1 amide bonds. The Hall–Kier alpha value is -1.50. The van der Waals surface area contributed by atoms with Crippen LogP contribution in [0.25, 0.3) is 0 Å². The van der Waals surface area contributed by atoms with E-state index in [1.54, 1.807) is 12.1 Å². The second-order valence-electron chi connectivity index (χ2n) is 5.61. The number of pyridine rings is 1. The zero-order valence-electron chi connectivity index (χ0n) is 11.8. The number of aliphatic hydroxyl groups is 1. The molecule has 0 spiro atoms. The summed E-state index contributed by atoms with van der Waals surface area (Å²) < 4.78 is 0. The van der Waals surface area contributed by atoms with Crippen molar-refractivity contribution in [3.8, 4) is 0 Å². The van der Waals surface area contributed by atoms with Gasteiger partial charge in [-0.05, 0) is 44.9 Å². The van der Waals surface area contributed by atoms with Gasteiger partial charge in [-0.2, -0.15) is 0 Å². The van der Waals surface area contributed by atoms with Gasteiger partial charge in [0.25, 0.3) is 5.91 Å². The minimum atomic E-state index is -0.566. The summed E-state index contributed by atoms with van der Waals surface area (Å²) in [7, 11) is 0. The Bertz CT molecular complexity index is 476. The first-order valence-corrected chi connectivity index (χ1v) is 6.92. The standard InChI is InChI=1S/C14H22N4O2/c1-14(20)6-3-8-18(9-7-14)10-11-4-2-5-12(16-11)13(19)17-15/h2,4-5,20H,3,6-10,15H2,1H3,(H,17,19). The average Bonchev–Trinajstić information content (AvgIpc) is 2.60. The third-order valence-electron chi connectivity index (χ3n) is 3.71. The van der Waals surface area contributed by atoms with Crippen molar-refractivity contribution in [3.63, 3.8) is 0 Å². The lowest BCUT2D eigenvalue weighted by molar-refractivity contribution is 0.0444. The van der Waals surface area contributed by atoms with Crippen LogP contribution < -0.4 is 11.3 Å². The number of nitrogen functional groups attached to an aromatic ring is 1. The van der Waals surface area contributed by atoms with Gasteiger partial charge in [0.1, 0.15) is 5.69 Å². The number of hydrogen-bond acceptors (Lipinski definition) is 5. The maximum atomic E-state index is 11.5. The number of likely N-dealkylation sites (tertiary alicyclic amines) is 1. The second kappa shape index (κ2) is 6.30. The SMILES string of the molecule is CC1(O)CCCN(Cc2cccc(C(=O)NN)n2)CC1. The summed E-state index contributed by atoms with van der Waals surface area (Å²) in [4.78, 5) is 18.0. The average molecular weight is 278 g/mol. The van der Waals surface area contributed by atoms with Gasteiger partial charge in [0.2, 0.25) is 0 Å². The lowest BCUT2D eigenvalue weighted by Gasteiger charge is -2.22. The van der Waals surface area contributed by atoms with Crippen LogP contribution in [0.2, 0.25) is 0 Å². The Morgan fingerprint density at radius 2 is 2.30 bits per heavy atom. The number of nitrogens with zero attached hydrogens (tertiary/aromatic N) is 2. The van der Waals surface area contributed by atoms with E-state index in [1.165, 1.54) is 0 Å². The predicted molar refractivity (Wildman–Crippen MR) is 75.6 cm³/mol. The first-order valence-electron chi connectivity index (χ1n) is 6.92. The predicted octanol–water partition coefficient (Wildman–Crippen LogP) is 0.422. The number of amides is 1. The van der Waals surface area contributed by atoms with Crippen LogP contribution in [0, 0.1) is 0 Å². The van der Waals surface area contributed by atoms with Gasteiger partial charge in [0.15, 0.2) is 0 Å². The van der Waals surface area contributed by atoms with Gasteiger partial charge in [0, 0.05) is 13.1 Å². The normalized spacial score (nSPS) is 24.1. The van der Waals surface area contributed by atoms with Crippen LogP contribution in [0.4, 0.5) is 0 Å². The molecule has 1 saturated heterocycles. The highest BCUT2D eigenvalue weighted by Crippen LogP contribution is 2.22. The second-order valence-corrected chi connectivity index (χ2v) is 5.61. The lowest BCUT2D eigenvalue weighted by Crippen LogP contribution is -2.31. The minimum Gasteiger partial charge on any atom is -0.390 e. The zero-order chi connectivity index (χ0) is 14.6. The zero-order valence-corrected chi connectivity index (χ0v) is 11.8. The molecule has 1 aromatic rings. The quantitative estimate of drug-likeness (QED) is 0.423. The maximum Gasteiger partial charge on any atom is 0.283 e. The third-order valence-corrected chi connectivity index (χ3v) is 3.71. The molecule has 0 bridgehead atoms. The van der Waals surface area contributed by atoms with E-state index in [4.69, 9.17) is 5.84 Å². The smallest absolute Gasteiger partial charge is 0.283 e. The van der Waals surface area contributed by atoms with E-state index >= 15 is 0 Å². The number of carbonyl (C=O) groups excluding carboxylic acids is 1. The molecule has 4 N–H and O–H groups in total. The van der Waals surface area contributed by atoms with Gasteiger partial charge < -0.3 is 5.11 Å². The van der Waals surface area contributed by atoms with Crippen molar-refractivity contribution in [3.05, 3.63) is 29.6 Å². The van der Waals surface area contributed by atoms with Crippen molar-refractivity contribution in [2.45, 2.75) is 38.3 Å². The molecule has 2 heterocycles. The molecule has 0 radical (unpaired) electrons. The fourth-order valence-corrected chi connectivity index (χ4v) is 2.47. The van der Waals surface area contributed by atoms with Gasteiger partial charge in [-0.25, -0.2) is 10.8 Å². The van der Waals surface area contributed by atoms with Gasteiger partial charge >= 0.3 is 0 Å². The van der Waals surface area contributed by atoms with Crippen LogP contribution in [0.3, 0.4) is 0 Å². The molecular formula is C14H22N4O2. The van der Waals surface area contributed by atoms with Crippen molar-refractivity contribution in [2.24, 2.45) is 5.84 Å². The van der Waals surface area contributed by atoms with Crippen LogP contribution in [-0.2, 0) is 6.54 Å². The van der Waals surface area contributed by atoms with E-state index in [1.807, 2.05) is 13.0 Å². The minimum absolute atomic E-state index is 0.326. The maximum absolute atomic E-state index is 11.5. The van der Waals surface area contributed by atoms with E-state index in [0.717, 1.165) is 38.0 Å². The first kappa shape index (κ1) is 14.9. The summed E-state index contributed by atoms with van der Waals surface area (Å²) in [5.41, 5.74) is 2.68. The van der Waals surface area contributed by atoms with Crippen LogP contribution >= 0.6 is 0 Å². The summed E-state index contributed by atoms with van der Waals surface area (Å²) in [6.45, 7) is 4.34. The van der Waals surface area contributed by atoms with E-state index < -0.39 is 5.60 Å². The van der Waals surface area contributed by atoms with Crippen molar-refractivity contribution in [1.82, 2.24) is 15.3 Å². The molecule has 1 aromatic heterocycles. The van der Waals surface area contributed by atoms with Crippen LogP contribution in [0.5, 0.6) is 0 Å². The molecule has 1 unspecified atom stereocenters. The molecule has 0 aliphatic carbocycles. The van der Waals surface area contributed by atoms with Crippen molar-refractivity contribution in [1.29, 1.82) is 0 Å². The van der Waals surface area contributed by atoms with Gasteiger partial charge in [-0.1, -0.05) is 6.07 Å². The largest absolute Gasteiger partial charge is 0.390 e. The lowest BCUT2D eigenvalue weighted by atomic mass is 9.98. The summed E-state index contributed by atoms with van der Waals surface area (Å²) in [5.74, 6) is 4.73. The van der Waals surface area contributed by atoms with E-state index in [-0.39, 0.29) is 5.91 Å².